The zero-order chi connectivity index (χ0) is 41.5. The first kappa shape index (κ1) is 46.4. The first-order valence-corrected chi connectivity index (χ1v) is 21.0. The molecule has 308 valence electrons. The summed E-state index contributed by atoms with van der Waals surface area (Å²) in [4.78, 5) is 56.5. The monoisotopic (exact) mass is 827 g/mol. The molecule has 2 bridgehead atoms. The number of carbonyl (C=O) groups is 4. The molecule has 0 radical (unpaired) electrons. The normalized spacial score (nSPS) is 28.3. The second-order valence-electron chi connectivity index (χ2n) is 15.1. The van der Waals surface area contributed by atoms with E-state index in [1.165, 1.54) is 31.1 Å². The summed E-state index contributed by atoms with van der Waals surface area (Å²) in [7, 11) is 10.5. The Morgan fingerprint density at radius 3 is 2.51 bits per heavy atom. The van der Waals surface area contributed by atoms with Crippen molar-refractivity contribution in [3.05, 3.63) is 46.5 Å². The van der Waals surface area contributed by atoms with Gasteiger partial charge in [0.1, 0.15) is 34.6 Å². The van der Waals surface area contributed by atoms with Crippen molar-refractivity contribution in [2.24, 2.45) is 5.92 Å². The number of halogens is 1. The zero-order valence-corrected chi connectivity index (χ0v) is 36.4. The average Bonchev–Trinajstić information content (AvgIpc) is 3.83. The topological polar surface area (TPSA) is 156 Å². The number of anilines is 1. The number of alkyl carbamates (subject to hydrolysis) is 1. The Bertz CT molecular complexity index is 1630. The van der Waals surface area contributed by atoms with E-state index in [1.54, 1.807) is 73.8 Å². The zero-order valence-electron chi connectivity index (χ0n) is 34.0. The van der Waals surface area contributed by atoms with E-state index in [2.05, 4.69) is 19.2 Å². The summed E-state index contributed by atoms with van der Waals surface area (Å²) in [6.07, 6.45) is 4.47. The molecule has 1 saturated heterocycles. The number of esters is 1. The number of nitrogens with one attached hydrogen (secondary N) is 1. The highest BCUT2D eigenvalue weighted by atomic mass is 35.5. The Morgan fingerprint density at radius 2 is 1.91 bits per heavy atom. The number of allylic oxidation sites excluding steroid dienone is 3. The predicted octanol–water partition coefficient (Wildman–Crippen LogP) is 6.33. The van der Waals surface area contributed by atoms with Crippen LogP contribution in [0.3, 0.4) is 0 Å². The van der Waals surface area contributed by atoms with Gasteiger partial charge in [0.2, 0.25) is 11.8 Å². The molecule has 2 N–H and O–H groups in total. The van der Waals surface area contributed by atoms with Crippen LogP contribution in [0.15, 0.2) is 35.9 Å². The third-order valence-electron chi connectivity index (χ3n) is 10.3. The fourth-order valence-corrected chi connectivity index (χ4v) is 9.32. The maximum Gasteiger partial charge on any atom is 0.409 e. The average molecular weight is 828 g/mol. The van der Waals surface area contributed by atoms with Crippen molar-refractivity contribution in [1.29, 1.82) is 0 Å². The molecule has 2 aliphatic heterocycles. The largest absolute Gasteiger partial charge is 0.495 e. The third kappa shape index (κ3) is 11.8. The van der Waals surface area contributed by atoms with Gasteiger partial charge < -0.3 is 38.6 Å². The van der Waals surface area contributed by atoms with Crippen molar-refractivity contribution in [3.8, 4) is 5.75 Å². The molecule has 0 spiro atoms. The summed E-state index contributed by atoms with van der Waals surface area (Å²) in [5.41, 5.74) is -1.03. The molecule has 1 aromatic carbocycles. The van der Waals surface area contributed by atoms with Crippen LogP contribution in [0, 0.1) is 5.92 Å². The number of likely N-dealkylation sites (N-methyl/N-ethyl adjacent to an activating group) is 1. The molecule has 0 saturated carbocycles. The third-order valence-corrected chi connectivity index (χ3v) is 13.3. The van der Waals surface area contributed by atoms with Crippen LogP contribution in [0.4, 0.5) is 10.5 Å². The van der Waals surface area contributed by atoms with Gasteiger partial charge in [-0.05, 0) is 77.3 Å². The highest BCUT2D eigenvalue weighted by Crippen LogP contribution is 2.49. The van der Waals surface area contributed by atoms with E-state index in [4.69, 9.17) is 35.3 Å². The number of hydrogen-bond acceptors (Lipinski definition) is 12. The van der Waals surface area contributed by atoms with Crippen LogP contribution in [0.25, 0.3) is 0 Å². The Labute approximate surface area is 338 Å². The van der Waals surface area contributed by atoms with Crippen molar-refractivity contribution in [2.45, 2.75) is 114 Å². The van der Waals surface area contributed by atoms with Gasteiger partial charge in [0, 0.05) is 38.8 Å². The molecule has 2 aliphatic rings. The summed E-state index contributed by atoms with van der Waals surface area (Å²) in [5.74, 6) is -1.46. The van der Waals surface area contributed by atoms with Crippen molar-refractivity contribution in [3.63, 3.8) is 0 Å². The number of ether oxygens (including phenoxy) is 5. The molecule has 7 atom stereocenters. The number of rotatable bonds is 11. The van der Waals surface area contributed by atoms with Crippen LogP contribution in [-0.4, -0.2) is 116 Å². The molecule has 13 nitrogen and oxygen atoms in total. The van der Waals surface area contributed by atoms with Gasteiger partial charge in [-0.2, -0.15) is 0 Å². The number of hydrogen-bond donors (Lipinski definition) is 2. The van der Waals surface area contributed by atoms with Gasteiger partial charge >= 0.3 is 12.1 Å². The minimum absolute atomic E-state index is 0.0683. The smallest absolute Gasteiger partial charge is 0.409 e. The lowest BCUT2D eigenvalue weighted by molar-refractivity contribution is -0.162. The molecular formula is C39H58ClN3O10S2. The van der Waals surface area contributed by atoms with E-state index in [9.17, 15) is 24.3 Å². The summed E-state index contributed by atoms with van der Waals surface area (Å²) in [6, 6.07) is 2.61. The molecule has 0 aromatic heterocycles. The Morgan fingerprint density at radius 1 is 1.24 bits per heavy atom. The van der Waals surface area contributed by atoms with Crippen LogP contribution < -0.4 is 15.0 Å². The molecule has 16 heteroatoms. The summed E-state index contributed by atoms with van der Waals surface area (Å²) in [6.45, 7) is 11.2. The van der Waals surface area contributed by atoms with Gasteiger partial charge in [0.25, 0.3) is 0 Å². The molecule has 1 fully saturated rings. The van der Waals surface area contributed by atoms with Gasteiger partial charge in [0.05, 0.1) is 32.4 Å². The van der Waals surface area contributed by atoms with Crippen molar-refractivity contribution >= 4 is 62.8 Å². The molecule has 3 amide bonds. The lowest BCUT2D eigenvalue weighted by atomic mass is 9.84. The fraction of sp³-hybridized carbons (Fsp3) is 0.641. The van der Waals surface area contributed by atoms with Crippen LogP contribution >= 0.6 is 33.2 Å². The highest BCUT2D eigenvalue weighted by Gasteiger charge is 2.63. The SMILES string of the molecule is COC(=O)N[C@]1(O)C[C@@H](C)[C@@H]2O[C@@]2(C)[C@@H](OC(=O)[C@H](C)N(C)C(=O)CCC(C)(C)SSC)CC(=O)N(C)c2cc(cc(OC)c2Cl)C/C(C)=C/C=C/[C@H]1OC. The van der Waals surface area contributed by atoms with E-state index >= 15 is 0 Å². The molecule has 0 aliphatic carbocycles. The first-order valence-electron chi connectivity index (χ1n) is 18.1. The number of benzene rings is 1. The molecule has 3 rings (SSSR count). The maximum atomic E-state index is 14.2. The minimum Gasteiger partial charge on any atom is -0.495 e. The quantitative estimate of drug-likeness (QED) is 0.111. The van der Waals surface area contributed by atoms with E-state index in [0.29, 0.717) is 24.3 Å². The highest BCUT2D eigenvalue weighted by molar-refractivity contribution is 8.76. The van der Waals surface area contributed by atoms with Crippen LogP contribution in [-0.2, 0) is 39.8 Å². The molecular weight excluding hydrogens is 770 g/mol. The standard InChI is InChI=1S/C39H58ClN3O10S2/c1-23-14-13-15-29(50-10)39(48,41-36(47)51-11)22-24(2)34-38(6,53-34)30(21-32(45)43(8)27-19-26(18-23)20-28(49-9)33(27)40)52-35(46)25(3)42(7)31(44)16-17-37(4,5)55-54-12/h13-15,19-20,24-25,29-30,34,48H,16-18,21-22H2,1-12H3,(H,41,47)/b15-13+,23-14+/t24-,25+,29-,30+,34+,38+,39+/m1/s1. The number of fused-ring (bicyclic) bond motifs is 3. The summed E-state index contributed by atoms with van der Waals surface area (Å²) < 4.78 is 28.4. The lowest BCUT2D eigenvalue weighted by Crippen LogP contribution is -2.58. The summed E-state index contributed by atoms with van der Waals surface area (Å²) >= 11 is 6.77. The predicted molar refractivity (Wildman–Crippen MR) is 218 cm³/mol. The lowest BCUT2D eigenvalue weighted by Gasteiger charge is -2.36. The fourth-order valence-electron chi connectivity index (χ4n) is 6.77. The number of carbonyl (C=O) groups excluding carboxylic acids is 4. The van der Waals surface area contributed by atoms with E-state index < -0.39 is 59.6 Å². The van der Waals surface area contributed by atoms with Crippen molar-refractivity contribution < 1.29 is 48.0 Å². The number of aliphatic hydroxyl groups is 1. The molecule has 1 aromatic rings. The Kier molecular flexibility index (Phi) is 16.4. The van der Waals surface area contributed by atoms with Gasteiger partial charge in [-0.1, -0.05) is 63.9 Å². The Hall–Kier alpha value is -2.95. The second-order valence-corrected chi connectivity index (χ2v) is 18.6. The maximum absolute atomic E-state index is 14.2. The van der Waals surface area contributed by atoms with Gasteiger partial charge in [-0.25, -0.2) is 9.59 Å². The van der Waals surface area contributed by atoms with Crippen molar-refractivity contribution in [2.75, 3.05) is 46.6 Å². The molecule has 2 heterocycles. The molecule has 55 heavy (non-hydrogen) atoms. The number of methoxy groups -OCH3 is 3. The summed E-state index contributed by atoms with van der Waals surface area (Å²) in [5, 5.41) is 14.7. The van der Waals surface area contributed by atoms with Gasteiger partial charge in [-0.3, -0.25) is 14.9 Å². The van der Waals surface area contributed by atoms with Crippen LogP contribution in [0.5, 0.6) is 5.75 Å². The van der Waals surface area contributed by atoms with Gasteiger partial charge in [-0.15, -0.1) is 0 Å². The number of epoxide rings is 1. The van der Waals surface area contributed by atoms with Gasteiger partial charge in [0.15, 0.2) is 5.72 Å². The van der Waals surface area contributed by atoms with Crippen LogP contribution in [0.2, 0.25) is 5.02 Å². The first-order chi connectivity index (χ1) is 25.7. The van der Waals surface area contributed by atoms with E-state index in [0.717, 1.165) is 11.1 Å². The number of nitrogens with zero attached hydrogens (tertiary/aromatic N) is 2. The van der Waals surface area contributed by atoms with E-state index in [-0.39, 0.29) is 34.9 Å². The van der Waals surface area contributed by atoms with Crippen molar-refractivity contribution in [1.82, 2.24) is 10.2 Å². The van der Waals surface area contributed by atoms with E-state index in [1.807, 2.05) is 26.2 Å². The number of amides is 3. The minimum atomic E-state index is -1.96. The molecule has 0 unspecified atom stereocenters. The second kappa shape index (κ2) is 19.5. The van der Waals surface area contributed by atoms with Crippen LogP contribution in [0.1, 0.15) is 72.8 Å². The Balaban J connectivity index is 2.06.